The molecule has 1 aromatic heterocycles. The fraction of sp³-hybridized carbons (Fsp3) is 0.571. The molecule has 1 aromatic rings. The molecular formula is C14H20FN3O2. The lowest BCUT2D eigenvalue weighted by atomic mass is 10.1. The molecule has 1 atom stereocenters. The lowest BCUT2D eigenvalue weighted by Crippen LogP contribution is -2.50. The maximum atomic E-state index is 13.7. The van der Waals surface area contributed by atoms with Gasteiger partial charge in [0.05, 0.1) is 11.7 Å². The zero-order chi connectivity index (χ0) is 14.8. The van der Waals surface area contributed by atoms with E-state index >= 15 is 0 Å². The molecule has 6 heteroatoms. The van der Waals surface area contributed by atoms with Crippen LogP contribution < -0.4 is 5.32 Å². The minimum atomic E-state index is -0.534. The standard InChI is InChI=1S/C14H20FN3O2/c1-14(2,3)20-13(19)18-8-7-16-11(9-18)12-10(15)5-4-6-17-12/h4-6,11,16H,7-9H2,1-3H3. The largest absolute Gasteiger partial charge is 0.444 e. The number of rotatable bonds is 1. The molecule has 1 saturated heterocycles. The van der Waals surface area contributed by atoms with Crippen molar-refractivity contribution in [2.24, 2.45) is 0 Å². The predicted octanol–water partition coefficient (Wildman–Crippen LogP) is 2.10. The van der Waals surface area contributed by atoms with E-state index in [9.17, 15) is 9.18 Å². The summed E-state index contributed by atoms with van der Waals surface area (Å²) in [6.07, 6.45) is 1.17. The van der Waals surface area contributed by atoms with E-state index in [2.05, 4.69) is 10.3 Å². The number of pyridine rings is 1. The highest BCUT2D eigenvalue weighted by atomic mass is 19.1. The monoisotopic (exact) mass is 281 g/mol. The summed E-state index contributed by atoms with van der Waals surface area (Å²) in [5, 5.41) is 3.17. The third-order valence-corrected chi connectivity index (χ3v) is 2.94. The van der Waals surface area contributed by atoms with Gasteiger partial charge in [-0.1, -0.05) is 0 Å². The molecular weight excluding hydrogens is 261 g/mol. The molecule has 5 nitrogen and oxygen atoms in total. The minimum Gasteiger partial charge on any atom is -0.444 e. The first kappa shape index (κ1) is 14.7. The summed E-state index contributed by atoms with van der Waals surface area (Å²) in [5.74, 6) is -0.365. The quantitative estimate of drug-likeness (QED) is 0.856. The van der Waals surface area contributed by atoms with Crippen LogP contribution in [-0.4, -0.2) is 41.2 Å². The van der Waals surface area contributed by atoms with Gasteiger partial charge in [0.1, 0.15) is 11.4 Å². The van der Waals surface area contributed by atoms with Crippen molar-refractivity contribution in [2.75, 3.05) is 19.6 Å². The van der Waals surface area contributed by atoms with Gasteiger partial charge in [0, 0.05) is 25.8 Å². The minimum absolute atomic E-state index is 0.308. The number of ether oxygens (including phenoxy) is 1. The number of hydrogen-bond acceptors (Lipinski definition) is 4. The van der Waals surface area contributed by atoms with Crippen LogP contribution in [-0.2, 0) is 4.74 Å². The Labute approximate surface area is 118 Å². The van der Waals surface area contributed by atoms with Crippen LogP contribution >= 0.6 is 0 Å². The van der Waals surface area contributed by atoms with E-state index < -0.39 is 5.60 Å². The molecule has 1 fully saturated rings. The molecule has 0 bridgehead atoms. The van der Waals surface area contributed by atoms with E-state index in [-0.39, 0.29) is 18.0 Å². The average Bonchev–Trinajstić information content (AvgIpc) is 2.37. The number of amides is 1. The van der Waals surface area contributed by atoms with Gasteiger partial charge in [0.25, 0.3) is 0 Å². The number of halogens is 1. The van der Waals surface area contributed by atoms with E-state index in [0.717, 1.165) is 0 Å². The number of piperazine rings is 1. The van der Waals surface area contributed by atoms with Gasteiger partial charge in [-0.15, -0.1) is 0 Å². The number of carbonyl (C=O) groups excluding carboxylic acids is 1. The second-order valence-electron chi connectivity index (χ2n) is 5.80. The van der Waals surface area contributed by atoms with Gasteiger partial charge in [0.2, 0.25) is 0 Å². The number of hydrogen-bond donors (Lipinski definition) is 1. The van der Waals surface area contributed by atoms with E-state index in [1.54, 1.807) is 17.2 Å². The van der Waals surface area contributed by atoms with E-state index in [0.29, 0.717) is 25.3 Å². The Kier molecular flexibility index (Phi) is 4.23. The molecule has 1 amide bonds. The molecule has 0 aromatic carbocycles. The van der Waals surface area contributed by atoms with Crippen LogP contribution in [0.25, 0.3) is 0 Å². The predicted molar refractivity (Wildman–Crippen MR) is 72.7 cm³/mol. The lowest BCUT2D eigenvalue weighted by molar-refractivity contribution is 0.0192. The van der Waals surface area contributed by atoms with Crippen molar-refractivity contribution in [3.05, 3.63) is 29.8 Å². The highest BCUT2D eigenvalue weighted by Gasteiger charge is 2.29. The fourth-order valence-corrected chi connectivity index (χ4v) is 2.08. The summed E-state index contributed by atoms with van der Waals surface area (Å²) >= 11 is 0. The molecule has 1 aliphatic heterocycles. The summed E-state index contributed by atoms with van der Waals surface area (Å²) in [6, 6.07) is 2.61. The molecule has 1 aliphatic rings. The molecule has 0 saturated carbocycles. The van der Waals surface area contributed by atoms with Crippen LogP contribution in [0.2, 0.25) is 0 Å². The Morgan fingerprint density at radius 2 is 2.30 bits per heavy atom. The van der Waals surface area contributed by atoms with Crippen molar-refractivity contribution in [1.82, 2.24) is 15.2 Å². The first-order valence-electron chi connectivity index (χ1n) is 6.68. The molecule has 110 valence electrons. The highest BCUT2D eigenvalue weighted by molar-refractivity contribution is 5.68. The Morgan fingerprint density at radius 3 is 2.95 bits per heavy atom. The lowest BCUT2D eigenvalue weighted by Gasteiger charge is -2.34. The highest BCUT2D eigenvalue weighted by Crippen LogP contribution is 2.19. The van der Waals surface area contributed by atoms with Crippen molar-refractivity contribution >= 4 is 6.09 Å². The van der Waals surface area contributed by atoms with Gasteiger partial charge in [-0.25, -0.2) is 9.18 Å². The fourth-order valence-electron chi connectivity index (χ4n) is 2.08. The molecule has 2 heterocycles. The van der Waals surface area contributed by atoms with Crippen molar-refractivity contribution in [3.8, 4) is 0 Å². The number of aromatic nitrogens is 1. The topological polar surface area (TPSA) is 54.5 Å². The summed E-state index contributed by atoms with van der Waals surface area (Å²) in [4.78, 5) is 17.7. The maximum absolute atomic E-state index is 13.7. The third-order valence-electron chi connectivity index (χ3n) is 2.94. The zero-order valence-corrected chi connectivity index (χ0v) is 12.0. The summed E-state index contributed by atoms with van der Waals surface area (Å²) in [5.41, 5.74) is -0.200. The van der Waals surface area contributed by atoms with Crippen LogP contribution in [0.4, 0.5) is 9.18 Å². The maximum Gasteiger partial charge on any atom is 0.410 e. The number of nitrogens with zero attached hydrogens (tertiary/aromatic N) is 2. The summed E-state index contributed by atoms with van der Waals surface area (Å²) < 4.78 is 19.1. The number of nitrogens with one attached hydrogen (secondary N) is 1. The average molecular weight is 281 g/mol. The molecule has 2 rings (SSSR count). The summed E-state index contributed by atoms with van der Waals surface area (Å²) in [6.45, 7) is 6.94. The van der Waals surface area contributed by atoms with Crippen LogP contribution in [0.5, 0.6) is 0 Å². The molecule has 1 unspecified atom stereocenters. The second-order valence-corrected chi connectivity index (χ2v) is 5.80. The van der Waals surface area contributed by atoms with Crippen molar-refractivity contribution in [2.45, 2.75) is 32.4 Å². The summed E-state index contributed by atoms with van der Waals surface area (Å²) in [7, 11) is 0. The van der Waals surface area contributed by atoms with Crippen molar-refractivity contribution < 1.29 is 13.9 Å². The molecule has 20 heavy (non-hydrogen) atoms. The van der Waals surface area contributed by atoms with E-state index in [1.807, 2.05) is 20.8 Å². The molecule has 0 spiro atoms. The Hall–Kier alpha value is -1.69. The van der Waals surface area contributed by atoms with E-state index in [4.69, 9.17) is 4.74 Å². The van der Waals surface area contributed by atoms with Gasteiger partial charge in [-0.3, -0.25) is 4.98 Å². The molecule has 1 N–H and O–H groups in total. The van der Waals surface area contributed by atoms with Gasteiger partial charge < -0.3 is 15.0 Å². The van der Waals surface area contributed by atoms with E-state index in [1.165, 1.54) is 6.07 Å². The molecule has 0 aliphatic carbocycles. The Bertz CT molecular complexity index is 488. The zero-order valence-electron chi connectivity index (χ0n) is 12.0. The van der Waals surface area contributed by atoms with Crippen molar-refractivity contribution in [3.63, 3.8) is 0 Å². The van der Waals surface area contributed by atoms with Crippen LogP contribution in [0.1, 0.15) is 32.5 Å². The Balaban J connectivity index is 2.06. The van der Waals surface area contributed by atoms with Crippen molar-refractivity contribution in [1.29, 1.82) is 0 Å². The second kappa shape index (κ2) is 5.75. The van der Waals surface area contributed by atoms with Crippen LogP contribution in [0.3, 0.4) is 0 Å². The first-order chi connectivity index (χ1) is 9.37. The first-order valence-corrected chi connectivity index (χ1v) is 6.68. The van der Waals surface area contributed by atoms with Crippen LogP contribution in [0, 0.1) is 5.82 Å². The Morgan fingerprint density at radius 1 is 1.55 bits per heavy atom. The third kappa shape index (κ3) is 3.66. The van der Waals surface area contributed by atoms with Gasteiger partial charge >= 0.3 is 6.09 Å². The van der Waals surface area contributed by atoms with Gasteiger partial charge in [-0.05, 0) is 32.9 Å². The molecule has 0 radical (unpaired) electrons. The van der Waals surface area contributed by atoms with Gasteiger partial charge in [0.15, 0.2) is 0 Å². The van der Waals surface area contributed by atoms with Gasteiger partial charge in [-0.2, -0.15) is 0 Å². The number of carbonyl (C=O) groups is 1. The van der Waals surface area contributed by atoms with Crippen LogP contribution in [0.15, 0.2) is 18.3 Å². The smallest absolute Gasteiger partial charge is 0.410 e. The SMILES string of the molecule is CC(C)(C)OC(=O)N1CCNC(c2ncccc2F)C1. The normalized spacial score (nSPS) is 19.8.